The molecule has 134 valence electrons. The first-order valence-corrected chi connectivity index (χ1v) is 8.83. The van der Waals surface area contributed by atoms with Gasteiger partial charge in [-0.2, -0.15) is 0 Å². The molecule has 3 aliphatic rings. The molecule has 0 spiro atoms. The van der Waals surface area contributed by atoms with Gasteiger partial charge in [-0.15, -0.1) is 6.58 Å². The van der Waals surface area contributed by atoms with E-state index in [9.17, 15) is 4.79 Å². The molecule has 2 aliphatic heterocycles. The number of hydrogen-bond donors (Lipinski definition) is 0. The maximum Gasteiger partial charge on any atom is 0.258 e. The van der Waals surface area contributed by atoms with Crippen LogP contribution in [0.4, 0.5) is 0 Å². The molecule has 1 saturated heterocycles. The van der Waals surface area contributed by atoms with Crippen LogP contribution < -0.4 is 9.47 Å². The fourth-order valence-electron chi connectivity index (χ4n) is 3.94. The lowest BCUT2D eigenvalue weighted by molar-refractivity contribution is -0.0434. The number of para-hydroxylation sites is 1. The Morgan fingerprint density at radius 1 is 1.28 bits per heavy atom. The molecule has 1 aliphatic carbocycles. The van der Waals surface area contributed by atoms with E-state index in [1.54, 1.807) is 12.1 Å². The fraction of sp³-hybridized carbons (Fsp3) is 0.526. The normalized spacial score (nSPS) is 27.7. The molecule has 1 aromatic carbocycles. The zero-order chi connectivity index (χ0) is 17.2. The number of nitrogens with zero attached hydrogens (tertiary/aromatic N) is 1. The minimum Gasteiger partial charge on any atom is -0.486 e. The van der Waals surface area contributed by atoms with Gasteiger partial charge in [-0.05, 0) is 25.0 Å². The zero-order valence-electron chi connectivity index (χ0n) is 14.2. The molecular formula is C19H23NO5. The Labute approximate surface area is 147 Å². The maximum absolute atomic E-state index is 13.3. The third kappa shape index (κ3) is 3.00. The summed E-state index contributed by atoms with van der Waals surface area (Å²) in [6, 6.07) is 5.48. The number of benzene rings is 1. The molecule has 25 heavy (non-hydrogen) atoms. The molecule has 2 heterocycles. The minimum absolute atomic E-state index is 0.0142. The van der Waals surface area contributed by atoms with Crippen LogP contribution in [0, 0.1) is 0 Å². The summed E-state index contributed by atoms with van der Waals surface area (Å²) in [6.45, 7) is 6.21. The van der Waals surface area contributed by atoms with E-state index in [2.05, 4.69) is 6.58 Å². The number of carbonyl (C=O) groups excluding carboxylic acids is 1. The zero-order valence-corrected chi connectivity index (χ0v) is 14.2. The second-order valence-electron chi connectivity index (χ2n) is 6.47. The lowest BCUT2D eigenvalue weighted by Gasteiger charge is -2.32. The van der Waals surface area contributed by atoms with E-state index in [0.29, 0.717) is 50.0 Å². The molecule has 0 radical (unpaired) electrons. The lowest BCUT2D eigenvalue weighted by atomic mass is 10.1. The summed E-state index contributed by atoms with van der Waals surface area (Å²) in [5.41, 5.74) is 0.546. The van der Waals surface area contributed by atoms with Crippen molar-refractivity contribution in [2.45, 2.75) is 31.1 Å². The standard InChI is InChI=1S/C19H23NO5/c1-2-9-24-18-14-6-7-16(18)22-10-8-20(14)19(21)13-4-3-5-15-17(13)25-12-11-23-15/h2-5,14,16,18H,1,6-12H2/t14-,16-,18-/m1/s1. The van der Waals surface area contributed by atoms with E-state index in [0.717, 1.165) is 12.8 Å². The molecule has 2 fully saturated rings. The molecule has 0 aromatic heterocycles. The van der Waals surface area contributed by atoms with Crippen molar-refractivity contribution in [2.75, 3.05) is 33.0 Å². The maximum atomic E-state index is 13.3. The highest BCUT2D eigenvalue weighted by molar-refractivity contribution is 5.98. The molecule has 1 aromatic rings. The van der Waals surface area contributed by atoms with Crippen molar-refractivity contribution < 1.29 is 23.7 Å². The summed E-state index contributed by atoms with van der Waals surface area (Å²) in [7, 11) is 0. The van der Waals surface area contributed by atoms with Gasteiger partial charge in [-0.25, -0.2) is 0 Å². The third-order valence-corrected chi connectivity index (χ3v) is 5.02. The first kappa shape index (κ1) is 16.4. The summed E-state index contributed by atoms with van der Waals surface area (Å²) in [5.74, 6) is 1.12. The molecule has 0 unspecified atom stereocenters. The first-order valence-electron chi connectivity index (χ1n) is 8.83. The lowest BCUT2D eigenvalue weighted by Crippen LogP contribution is -2.46. The van der Waals surface area contributed by atoms with Gasteiger partial charge in [0.25, 0.3) is 5.91 Å². The summed E-state index contributed by atoms with van der Waals surface area (Å²) >= 11 is 0. The van der Waals surface area contributed by atoms with Crippen molar-refractivity contribution >= 4 is 5.91 Å². The van der Waals surface area contributed by atoms with E-state index in [1.165, 1.54) is 0 Å². The van der Waals surface area contributed by atoms with Gasteiger partial charge in [0.2, 0.25) is 0 Å². The van der Waals surface area contributed by atoms with E-state index in [1.807, 2.05) is 17.0 Å². The number of amides is 1. The van der Waals surface area contributed by atoms with Crippen molar-refractivity contribution in [3.05, 3.63) is 36.4 Å². The third-order valence-electron chi connectivity index (χ3n) is 5.02. The van der Waals surface area contributed by atoms with Gasteiger partial charge < -0.3 is 23.8 Å². The van der Waals surface area contributed by atoms with E-state index < -0.39 is 0 Å². The number of hydrogen-bond acceptors (Lipinski definition) is 5. The first-order chi connectivity index (χ1) is 12.3. The Bertz CT molecular complexity index is 661. The summed E-state index contributed by atoms with van der Waals surface area (Å²) in [5, 5.41) is 0. The number of rotatable bonds is 4. The monoisotopic (exact) mass is 345 g/mol. The predicted octanol–water partition coefficient (Wildman–Crippen LogP) is 2.03. The van der Waals surface area contributed by atoms with Crippen molar-refractivity contribution in [3.8, 4) is 11.5 Å². The average molecular weight is 345 g/mol. The van der Waals surface area contributed by atoms with Crippen LogP contribution in [-0.2, 0) is 9.47 Å². The van der Waals surface area contributed by atoms with Crippen molar-refractivity contribution in [2.24, 2.45) is 0 Å². The Balaban J connectivity index is 1.62. The second-order valence-corrected chi connectivity index (χ2v) is 6.47. The van der Waals surface area contributed by atoms with Crippen LogP contribution in [0.25, 0.3) is 0 Å². The van der Waals surface area contributed by atoms with E-state index in [4.69, 9.17) is 18.9 Å². The van der Waals surface area contributed by atoms with Crippen LogP contribution in [0.5, 0.6) is 11.5 Å². The van der Waals surface area contributed by atoms with E-state index >= 15 is 0 Å². The van der Waals surface area contributed by atoms with Gasteiger partial charge in [0, 0.05) is 6.54 Å². The van der Waals surface area contributed by atoms with Crippen LogP contribution in [-0.4, -0.2) is 62.0 Å². The van der Waals surface area contributed by atoms with Crippen molar-refractivity contribution in [1.82, 2.24) is 4.90 Å². The van der Waals surface area contributed by atoms with Crippen LogP contribution in [0.2, 0.25) is 0 Å². The van der Waals surface area contributed by atoms with Crippen LogP contribution in [0.1, 0.15) is 23.2 Å². The van der Waals surface area contributed by atoms with Crippen molar-refractivity contribution in [3.63, 3.8) is 0 Å². The van der Waals surface area contributed by atoms with Gasteiger partial charge in [-0.1, -0.05) is 12.1 Å². The van der Waals surface area contributed by atoms with Gasteiger partial charge in [0.15, 0.2) is 11.5 Å². The Kier molecular flexibility index (Phi) is 4.63. The highest BCUT2D eigenvalue weighted by Gasteiger charge is 2.45. The number of fused-ring (bicyclic) bond motifs is 3. The van der Waals surface area contributed by atoms with Crippen molar-refractivity contribution in [1.29, 1.82) is 0 Å². The molecule has 1 saturated carbocycles. The van der Waals surface area contributed by atoms with Gasteiger partial charge in [0.1, 0.15) is 19.3 Å². The molecule has 6 nitrogen and oxygen atoms in total. The molecule has 1 amide bonds. The average Bonchev–Trinajstić information content (AvgIpc) is 2.94. The van der Waals surface area contributed by atoms with Gasteiger partial charge in [-0.3, -0.25) is 4.79 Å². The van der Waals surface area contributed by atoms with Gasteiger partial charge in [0.05, 0.1) is 30.9 Å². The summed E-state index contributed by atoms with van der Waals surface area (Å²) < 4.78 is 23.2. The van der Waals surface area contributed by atoms with E-state index in [-0.39, 0.29) is 24.2 Å². The quantitative estimate of drug-likeness (QED) is 0.782. The molecule has 0 N–H and O–H groups in total. The van der Waals surface area contributed by atoms with Crippen LogP contribution >= 0.6 is 0 Å². The number of ether oxygens (including phenoxy) is 4. The summed E-state index contributed by atoms with van der Waals surface area (Å²) in [6.07, 6.45) is 3.45. The Morgan fingerprint density at radius 2 is 2.16 bits per heavy atom. The Hall–Kier alpha value is -2.05. The van der Waals surface area contributed by atoms with Gasteiger partial charge >= 0.3 is 0 Å². The second kappa shape index (κ2) is 7.06. The molecule has 2 bridgehead atoms. The minimum atomic E-state index is -0.110. The molecule has 3 atom stereocenters. The topological polar surface area (TPSA) is 57.2 Å². The largest absolute Gasteiger partial charge is 0.486 e. The smallest absolute Gasteiger partial charge is 0.258 e. The number of carbonyl (C=O) groups is 1. The highest BCUT2D eigenvalue weighted by Crippen LogP contribution is 2.37. The molecule has 6 heteroatoms. The molecular weight excluding hydrogens is 322 g/mol. The van der Waals surface area contributed by atoms with Crippen LogP contribution in [0.15, 0.2) is 30.9 Å². The molecule has 4 rings (SSSR count). The Morgan fingerprint density at radius 3 is 3.04 bits per heavy atom. The summed E-state index contributed by atoms with van der Waals surface area (Å²) in [4.78, 5) is 15.2. The fourth-order valence-corrected chi connectivity index (χ4v) is 3.94. The SMILES string of the molecule is C=CCO[C@@H]1[C@H]2CC[C@H]1OCCN2C(=O)c1cccc2c1OCCO2. The highest BCUT2D eigenvalue weighted by atomic mass is 16.6. The van der Waals surface area contributed by atoms with Crippen LogP contribution in [0.3, 0.4) is 0 Å². The predicted molar refractivity (Wildman–Crippen MR) is 91.2 cm³/mol.